The molecular weight excluding hydrogens is 366 g/mol. The fraction of sp³-hybridized carbons (Fsp3) is 0.412. The number of hydrogen-bond donors (Lipinski definition) is 1. The Morgan fingerprint density at radius 1 is 1.17 bits per heavy atom. The van der Waals surface area contributed by atoms with Gasteiger partial charge >= 0.3 is 0 Å². The van der Waals surface area contributed by atoms with Gasteiger partial charge in [0.25, 0.3) is 10.0 Å². The number of aryl methyl sites for hydroxylation is 2. The van der Waals surface area contributed by atoms with Crippen LogP contribution in [0.4, 0.5) is 0 Å². The van der Waals surface area contributed by atoms with Crippen LogP contribution in [0.25, 0.3) is 0 Å². The number of rotatable bonds is 4. The highest BCUT2D eigenvalue weighted by molar-refractivity contribution is 7.91. The number of thiophene rings is 1. The summed E-state index contributed by atoms with van der Waals surface area (Å²) in [4.78, 5) is 1.02. The zero-order valence-corrected chi connectivity index (χ0v) is 16.0. The lowest BCUT2D eigenvalue weighted by Crippen LogP contribution is -2.49. The van der Waals surface area contributed by atoms with E-state index in [2.05, 4.69) is 4.72 Å². The van der Waals surface area contributed by atoms with Gasteiger partial charge in [0, 0.05) is 23.1 Å². The Labute approximate surface area is 151 Å². The van der Waals surface area contributed by atoms with Crippen molar-refractivity contribution in [2.75, 3.05) is 13.2 Å². The second-order valence-electron chi connectivity index (χ2n) is 6.11. The minimum Gasteiger partial charge on any atom is -0.381 e. The van der Waals surface area contributed by atoms with Crippen molar-refractivity contribution in [1.82, 2.24) is 4.72 Å². The predicted molar refractivity (Wildman–Crippen MR) is 97.3 cm³/mol. The molecule has 130 valence electrons. The second-order valence-corrected chi connectivity index (χ2v) is 9.71. The number of sulfonamides is 1. The first-order chi connectivity index (χ1) is 11.3. The van der Waals surface area contributed by atoms with Crippen molar-refractivity contribution in [3.05, 3.63) is 51.4 Å². The Bertz CT molecular complexity index is 803. The Hall–Kier alpha value is -0.920. The average Bonchev–Trinajstić information content (AvgIpc) is 2.89. The maximum Gasteiger partial charge on any atom is 0.250 e. The molecule has 1 aromatic heterocycles. The summed E-state index contributed by atoms with van der Waals surface area (Å²) in [5, 5.41) is 0.633. The first-order valence-corrected chi connectivity index (χ1v) is 10.4. The normalized spacial score (nSPS) is 17.8. The van der Waals surface area contributed by atoms with Gasteiger partial charge in [0.05, 0.1) is 5.54 Å². The van der Waals surface area contributed by atoms with E-state index in [1.54, 1.807) is 18.2 Å². The smallest absolute Gasteiger partial charge is 0.250 e. The Kier molecular flexibility index (Phi) is 5.04. The van der Waals surface area contributed by atoms with Crippen LogP contribution in [0.1, 0.15) is 28.8 Å². The van der Waals surface area contributed by atoms with Crippen molar-refractivity contribution in [2.24, 2.45) is 0 Å². The molecular formula is C17H20ClNO3S2. The summed E-state index contributed by atoms with van der Waals surface area (Å²) in [6.45, 7) is 4.90. The molecule has 4 nitrogen and oxygen atoms in total. The molecule has 0 saturated carbocycles. The fourth-order valence-electron chi connectivity index (χ4n) is 2.92. The number of halogens is 1. The maximum atomic E-state index is 12.9. The van der Waals surface area contributed by atoms with E-state index in [1.807, 2.05) is 26.0 Å². The van der Waals surface area contributed by atoms with Crippen LogP contribution in [0.15, 0.2) is 34.5 Å². The molecule has 0 amide bonds. The second kappa shape index (κ2) is 6.77. The van der Waals surface area contributed by atoms with Crippen LogP contribution < -0.4 is 4.72 Å². The molecule has 3 rings (SSSR count). The molecule has 1 aliphatic heterocycles. The van der Waals surface area contributed by atoms with Gasteiger partial charge in [0.1, 0.15) is 4.21 Å². The van der Waals surface area contributed by atoms with Gasteiger partial charge < -0.3 is 4.74 Å². The fourth-order valence-corrected chi connectivity index (χ4v) is 6.01. The van der Waals surface area contributed by atoms with E-state index in [4.69, 9.17) is 16.3 Å². The summed E-state index contributed by atoms with van der Waals surface area (Å²) >= 11 is 7.29. The summed E-state index contributed by atoms with van der Waals surface area (Å²) in [7, 11) is -3.60. The molecule has 1 aromatic carbocycles. The predicted octanol–water partition coefficient (Wildman–Crippen LogP) is 4.00. The van der Waals surface area contributed by atoms with E-state index in [0.717, 1.165) is 16.0 Å². The van der Waals surface area contributed by atoms with Gasteiger partial charge in [-0.1, -0.05) is 23.7 Å². The zero-order chi connectivity index (χ0) is 17.4. The summed E-state index contributed by atoms with van der Waals surface area (Å²) in [6, 6.07) is 9.10. The molecule has 0 radical (unpaired) electrons. The number of benzene rings is 1. The molecule has 1 aliphatic rings. The quantitative estimate of drug-likeness (QED) is 0.865. The highest BCUT2D eigenvalue weighted by Crippen LogP contribution is 2.35. The zero-order valence-electron chi connectivity index (χ0n) is 13.6. The van der Waals surface area contributed by atoms with Gasteiger partial charge in [0.15, 0.2) is 0 Å². The van der Waals surface area contributed by atoms with E-state index in [9.17, 15) is 8.42 Å². The van der Waals surface area contributed by atoms with Crippen molar-refractivity contribution >= 4 is 33.0 Å². The number of ether oxygens (including phenoxy) is 1. The molecule has 24 heavy (non-hydrogen) atoms. The van der Waals surface area contributed by atoms with Crippen LogP contribution >= 0.6 is 22.9 Å². The van der Waals surface area contributed by atoms with Gasteiger partial charge in [-0.25, -0.2) is 8.42 Å². The maximum absolute atomic E-state index is 12.9. The van der Waals surface area contributed by atoms with Crippen LogP contribution in [-0.4, -0.2) is 21.6 Å². The van der Waals surface area contributed by atoms with Crippen molar-refractivity contribution in [1.29, 1.82) is 0 Å². The van der Waals surface area contributed by atoms with Gasteiger partial charge in [0.2, 0.25) is 0 Å². The van der Waals surface area contributed by atoms with Gasteiger partial charge in [-0.05, 0) is 56.0 Å². The third-order valence-corrected chi connectivity index (χ3v) is 7.90. The van der Waals surface area contributed by atoms with Gasteiger partial charge in [-0.3, -0.25) is 0 Å². The molecule has 1 fully saturated rings. The summed E-state index contributed by atoms with van der Waals surface area (Å²) in [6.07, 6.45) is 1.19. The topological polar surface area (TPSA) is 55.4 Å². The minimum atomic E-state index is -3.60. The van der Waals surface area contributed by atoms with E-state index < -0.39 is 15.6 Å². The number of nitrogens with one attached hydrogen (secondary N) is 1. The van der Waals surface area contributed by atoms with Crippen LogP contribution in [0.5, 0.6) is 0 Å². The van der Waals surface area contributed by atoms with E-state index in [0.29, 0.717) is 35.3 Å². The Morgan fingerprint density at radius 3 is 2.33 bits per heavy atom. The van der Waals surface area contributed by atoms with Gasteiger partial charge in [-0.15, -0.1) is 11.3 Å². The third-order valence-electron chi connectivity index (χ3n) is 4.48. The largest absolute Gasteiger partial charge is 0.381 e. The summed E-state index contributed by atoms with van der Waals surface area (Å²) in [5.74, 6) is 0. The molecule has 7 heteroatoms. The molecule has 0 bridgehead atoms. The van der Waals surface area contributed by atoms with Crippen LogP contribution in [0.2, 0.25) is 5.02 Å². The summed E-state index contributed by atoms with van der Waals surface area (Å²) < 4.78 is 34.7. The summed E-state index contributed by atoms with van der Waals surface area (Å²) in [5.41, 5.74) is 1.25. The Morgan fingerprint density at radius 2 is 1.79 bits per heavy atom. The molecule has 2 aromatic rings. The van der Waals surface area contributed by atoms with Gasteiger partial charge in [-0.2, -0.15) is 4.72 Å². The average molecular weight is 386 g/mol. The first kappa shape index (κ1) is 17.9. The molecule has 0 atom stereocenters. The van der Waals surface area contributed by atoms with Crippen molar-refractivity contribution in [3.63, 3.8) is 0 Å². The van der Waals surface area contributed by atoms with Crippen LogP contribution in [0, 0.1) is 13.8 Å². The van der Waals surface area contributed by atoms with Crippen LogP contribution in [0.3, 0.4) is 0 Å². The lowest BCUT2D eigenvalue weighted by Gasteiger charge is -2.38. The molecule has 1 saturated heterocycles. The lowest BCUT2D eigenvalue weighted by atomic mass is 9.84. The SMILES string of the molecule is Cc1cc(S(=O)(=O)NC2(c3ccc(Cl)cc3)CCOCC2)sc1C. The highest BCUT2D eigenvalue weighted by Gasteiger charge is 2.39. The van der Waals surface area contributed by atoms with Crippen molar-refractivity contribution in [3.8, 4) is 0 Å². The molecule has 1 N–H and O–H groups in total. The standard InChI is InChI=1S/C17H20ClNO3S2/c1-12-11-16(23-13(12)2)24(20,21)19-17(7-9-22-10-8-17)14-3-5-15(18)6-4-14/h3-6,11,19H,7-10H2,1-2H3. The van der Waals surface area contributed by atoms with E-state index in [1.165, 1.54) is 11.3 Å². The highest BCUT2D eigenvalue weighted by atomic mass is 35.5. The van der Waals surface area contributed by atoms with Crippen molar-refractivity contribution in [2.45, 2.75) is 36.4 Å². The molecule has 2 heterocycles. The lowest BCUT2D eigenvalue weighted by molar-refractivity contribution is 0.0459. The molecule has 0 unspecified atom stereocenters. The minimum absolute atomic E-state index is 0.359. The monoisotopic (exact) mass is 385 g/mol. The van der Waals surface area contributed by atoms with E-state index in [-0.39, 0.29) is 0 Å². The molecule has 0 aliphatic carbocycles. The third kappa shape index (κ3) is 3.53. The first-order valence-electron chi connectivity index (χ1n) is 7.77. The number of hydrogen-bond acceptors (Lipinski definition) is 4. The van der Waals surface area contributed by atoms with E-state index >= 15 is 0 Å². The van der Waals surface area contributed by atoms with Crippen LogP contribution in [-0.2, 0) is 20.3 Å². The van der Waals surface area contributed by atoms with Crippen molar-refractivity contribution < 1.29 is 13.2 Å². The Balaban J connectivity index is 1.99. The molecule has 0 spiro atoms.